The summed E-state index contributed by atoms with van der Waals surface area (Å²) in [6.45, 7) is 0. The van der Waals surface area contributed by atoms with E-state index in [0.29, 0.717) is 23.1 Å². The SMILES string of the molecule is c1cc(-c2ccc(-n3c4ccccc4c4ccc5ccccc5c43)cc2)cc(-c2nc(-c3ccc(-c4cccc5ccccc45)cc3)nc(-c3cccc4c3oc3ccncc34)n2)c1. The molecular weight excluding hydrogens is 783 g/mol. The van der Waals surface area contributed by atoms with Crippen molar-refractivity contribution < 1.29 is 4.42 Å². The van der Waals surface area contributed by atoms with E-state index in [4.69, 9.17) is 19.4 Å². The lowest BCUT2D eigenvalue weighted by Gasteiger charge is -2.12. The number of fused-ring (bicyclic) bond motifs is 9. The highest BCUT2D eigenvalue weighted by Gasteiger charge is 2.19. The first-order valence-electron chi connectivity index (χ1n) is 21.4. The standard InChI is InChI=1S/C58H35N5O/c1-3-15-44-37(10-1)12-8-18-45(44)39-22-24-40(25-23-39)56-60-57(62-58(61-56)50-20-9-19-49-51-35-59-33-32-53(51)64-55(49)50)42-14-7-13-41(34-42)36-26-29-43(30-27-36)63-52-21-6-5-17-47(52)48-31-28-38-11-2-4-16-46(38)54(48)63/h1-35H. The van der Waals surface area contributed by atoms with Crippen LogP contribution >= 0.6 is 0 Å². The Balaban J connectivity index is 0.925. The molecule has 9 aromatic carbocycles. The van der Waals surface area contributed by atoms with Crippen LogP contribution in [0.2, 0.25) is 0 Å². The van der Waals surface area contributed by atoms with E-state index >= 15 is 0 Å². The van der Waals surface area contributed by atoms with Gasteiger partial charge in [0.25, 0.3) is 0 Å². The van der Waals surface area contributed by atoms with Gasteiger partial charge in [-0.15, -0.1) is 0 Å². The van der Waals surface area contributed by atoms with Gasteiger partial charge in [-0.05, 0) is 74.8 Å². The van der Waals surface area contributed by atoms with Crippen LogP contribution in [0.5, 0.6) is 0 Å². The van der Waals surface area contributed by atoms with Gasteiger partial charge in [-0.1, -0.05) is 164 Å². The number of hydrogen-bond donors (Lipinski definition) is 0. The second-order valence-corrected chi connectivity index (χ2v) is 16.2. The molecule has 0 aliphatic heterocycles. The van der Waals surface area contributed by atoms with Crippen LogP contribution in [0.15, 0.2) is 217 Å². The van der Waals surface area contributed by atoms with E-state index in [1.807, 2.05) is 24.4 Å². The van der Waals surface area contributed by atoms with Crippen LogP contribution in [0.25, 0.3) is 127 Å². The maximum Gasteiger partial charge on any atom is 0.167 e. The zero-order valence-electron chi connectivity index (χ0n) is 34.4. The summed E-state index contributed by atoms with van der Waals surface area (Å²) in [5.41, 5.74) is 12.0. The van der Waals surface area contributed by atoms with Crippen molar-refractivity contribution in [1.82, 2.24) is 24.5 Å². The number of nitrogens with zero attached hydrogens (tertiary/aromatic N) is 5. The predicted molar refractivity (Wildman–Crippen MR) is 261 cm³/mol. The number of benzene rings is 9. The molecule has 6 nitrogen and oxygen atoms in total. The van der Waals surface area contributed by atoms with Gasteiger partial charge in [0.1, 0.15) is 11.2 Å². The highest BCUT2D eigenvalue weighted by Crippen LogP contribution is 2.39. The van der Waals surface area contributed by atoms with Crippen molar-refractivity contribution in [2.24, 2.45) is 0 Å². The third kappa shape index (κ3) is 5.81. The van der Waals surface area contributed by atoms with Gasteiger partial charge in [-0.2, -0.15) is 0 Å². The smallest absolute Gasteiger partial charge is 0.167 e. The van der Waals surface area contributed by atoms with Crippen LogP contribution < -0.4 is 0 Å². The maximum absolute atomic E-state index is 6.47. The van der Waals surface area contributed by atoms with E-state index in [1.54, 1.807) is 6.20 Å². The lowest BCUT2D eigenvalue weighted by atomic mass is 9.97. The molecule has 6 heteroatoms. The minimum absolute atomic E-state index is 0.532. The summed E-state index contributed by atoms with van der Waals surface area (Å²) in [7, 11) is 0. The molecular formula is C58H35N5O. The molecule has 4 heterocycles. The summed E-state index contributed by atoms with van der Waals surface area (Å²) in [5.74, 6) is 1.68. The third-order valence-corrected chi connectivity index (χ3v) is 12.6. The Bertz CT molecular complexity index is 3950. The average Bonchev–Trinajstić information content (AvgIpc) is 3.93. The van der Waals surface area contributed by atoms with Crippen LogP contribution in [-0.4, -0.2) is 24.5 Å². The molecule has 0 saturated heterocycles. The second kappa shape index (κ2) is 14.4. The summed E-state index contributed by atoms with van der Waals surface area (Å²) in [5, 5.41) is 9.28. The van der Waals surface area contributed by atoms with Crippen molar-refractivity contribution >= 4 is 65.3 Å². The van der Waals surface area contributed by atoms with Gasteiger partial charge in [-0.25, -0.2) is 15.0 Å². The second-order valence-electron chi connectivity index (χ2n) is 16.2. The first kappa shape index (κ1) is 36.0. The fourth-order valence-corrected chi connectivity index (χ4v) is 9.49. The number of para-hydroxylation sites is 2. The fourth-order valence-electron chi connectivity index (χ4n) is 9.49. The number of rotatable bonds is 6. The molecule has 13 rings (SSSR count). The Hall–Kier alpha value is -8.74. The van der Waals surface area contributed by atoms with Crippen LogP contribution in [0.4, 0.5) is 0 Å². The van der Waals surface area contributed by atoms with Crippen LogP contribution in [0.3, 0.4) is 0 Å². The van der Waals surface area contributed by atoms with E-state index in [0.717, 1.165) is 55.4 Å². The molecule has 0 amide bonds. The molecule has 64 heavy (non-hydrogen) atoms. The summed E-state index contributed by atoms with van der Waals surface area (Å²) in [6, 6.07) is 70.5. The quantitative estimate of drug-likeness (QED) is 0.167. The van der Waals surface area contributed by atoms with E-state index < -0.39 is 0 Å². The first-order chi connectivity index (χ1) is 31.7. The molecule has 0 spiro atoms. The molecule has 0 fully saturated rings. The topological polar surface area (TPSA) is 69.6 Å². The molecule has 0 aliphatic carbocycles. The fraction of sp³-hybridized carbons (Fsp3) is 0. The first-order valence-corrected chi connectivity index (χ1v) is 21.4. The molecule has 298 valence electrons. The number of aromatic nitrogens is 5. The normalized spacial score (nSPS) is 11.8. The Kier molecular flexibility index (Phi) is 8.11. The Morgan fingerprint density at radius 3 is 1.86 bits per heavy atom. The van der Waals surface area contributed by atoms with Crippen molar-refractivity contribution in [3.05, 3.63) is 213 Å². The highest BCUT2D eigenvalue weighted by atomic mass is 16.3. The average molecular weight is 818 g/mol. The molecule has 0 radical (unpaired) electrons. The van der Waals surface area contributed by atoms with Crippen LogP contribution in [0.1, 0.15) is 0 Å². The van der Waals surface area contributed by atoms with Crippen molar-refractivity contribution in [2.75, 3.05) is 0 Å². The third-order valence-electron chi connectivity index (χ3n) is 12.6. The van der Waals surface area contributed by atoms with Gasteiger partial charge < -0.3 is 8.98 Å². The Morgan fingerprint density at radius 2 is 1.00 bits per heavy atom. The van der Waals surface area contributed by atoms with Gasteiger partial charge in [-0.3, -0.25) is 4.98 Å². The van der Waals surface area contributed by atoms with Crippen LogP contribution in [-0.2, 0) is 0 Å². The van der Waals surface area contributed by atoms with Crippen LogP contribution in [0, 0.1) is 0 Å². The van der Waals surface area contributed by atoms with Crippen molar-refractivity contribution in [2.45, 2.75) is 0 Å². The molecule has 0 N–H and O–H groups in total. The number of furan rings is 1. The van der Waals surface area contributed by atoms with Gasteiger partial charge in [0.05, 0.1) is 16.6 Å². The summed E-state index contributed by atoms with van der Waals surface area (Å²) >= 11 is 0. The molecule has 0 atom stereocenters. The zero-order valence-corrected chi connectivity index (χ0v) is 34.4. The molecule has 0 aliphatic rings. The molecule has 0 saturated carbocycles. The molecule has 0 unspecified atom stereocenters. The van der Waals surface area contributed by atoms with E-state index in [-0.39, 0.29) is 0 Å². The van der Waals surface area contributed by atoms with Gasteiger partial charge in [0, 0.05) is 56.1 Å². The number of hydrogen-bond acceptors (Lipinski definition) is 5. The number of pyridine rings is 1. The minimum atomic E-state index is 0.532. The largest absolute Gasteiger partial charge is 0.455 e. The van der Waals surface area contributed by atoms with E-state index in [9.17, 15) is 0 Å². The summed E-state index contributed by atoms with van der Waals surface area (Å²) in [6.07, 6.45) is 3.59. The highest BCUT2D eigenvalue weighted by molar-refractivity contribution is 6.18. The lowest BCUT2D eigenvalue weighted by Crippen LogP contribution is -2.00. The summed E-state index contributed by atoms with van der Waals surface area (Å²) in [4.78, 5) is 19.9. The van der Waals surface area contributed by atoms with Crippen molar-refractivity contribution in [3.63, 3.8) is 0 Å². The molecule has 0 bridgehead atoms. The predicted octanol–water partition coefficient (Wildman–Crippen LogP) is 14.9. The maximum atomic E-state index is 6.47. The van der Waals surface area contributed by atoms with E-state index in [1.165, 1.54) is 48.9 Å². The lowest BCUT2D eigenvalue weighted by molar-refractivity contribution is 0.669. The molecule has 4 aromatic heterocycles. The zero-order chi connectivity index (χ0) is 42.1. The monoisotopic (exact) mass is 817 g/mol. The summed E-state index contributed by atoms with van der Waals surface area (Å²) < 4.78 is 8.87. The Morgan fingerprint density at radius 1 is 0.375 bits per heavy atom. The van der Waals surface area contributed by atoms with Gasteiger partial charge in [0.15, 0.2) is 17.5 Å². The molecule has 13 aromatic rings. The van der Waals surface area contributed by atoms with Gasteiger partial charge >= 0.3 is 0 Å². The van der Waals surface area contributed by atoms with Crippen molar-refractivity contribution in [1.29, 1.82) is 0 Å². The van der Waals surface area contributed by atoms with Crippen molar-refractivity contribution in [3.8, 4) is 62.1 Å². The van der Waals surface area contributed by atoms with Gasteiger partial charge in [0.2, 0.25) is 0 Å². The van der Waals surface area contributed by atoms with E-state index in [2.05, 4.69) is 192 Å². The minimum Gasteiger partial charge on any atom is -0.455 e. The Labute approximate surface area is 367 Å².